The van der Waals surface area contributed by atoms with E-state index in [1.54, 1.807) is 0 Å². The van der Waals surface area contributed by atoms with Crippen molar-refractivity contribution in [2.45, 2.75) is 53.0 Å². The molecule has 2 unspecified atom stereocenters. The molecule has 15 heavy (non-hydrogen) atoms. The lowest BCUT2D eigenvalue weighted by Gasteiger charge is -2.34. The normalized spacial score (nSPS) is 23.8. The van der Waals surface area contributed by atoms with Crippen LogP contribution >= 0.6 is 0 Å². The average Bonchev–Trinajstić information content (AvgIpc) is 2.77. The minimum Gasteiger partial charge on any atom is -0.335 e. The van der Waals surface area contributed by atoms with Crippen molar-refractivity contribution < 1.29 is 0 Å². The molecule has 0 saturated carbocycles. The maximum Gasteiger partial charge on any atom is 0.108 e. The van der Waals surface area contributed by atoms with Gasteiger partial charge in [-0.15, -0.1) is 0 Å². The van der Waals surface area contributed by atoms with Crippen LogP contribution in [0.3, 0.4) is 0 Å². The van der Waals surface area contributed by atoms with Crippen LogP contribution in [-0.2, 0) is 13.0 Å². The topological polar surface area (TPSA) is 17.8 Å². The molecule has 2 heterocycles. The monoisotopic (exact) mass is 206 g/mol. The van der Waals surface area contributed by atoms with E-state index in [1.807, 2.05) is 6.20 Å². The first-order valence-electron chi connectivity index (χ1n) is 6.19. The molecule has 1 aromatic heterocycles. The van der Waals surface area contributed by atoms with Gasteiger partial charge in [-0.1, -0.05) is 33.6 Å². The summed E-state index contributed by atoms with van der Waals surface area (Å²) in [6, 6.07) is 0. The average molecular weight is 206 g/mol. The fourth-order valence-corrected chi connectivity index (χ4v) is 2.93. The third-order valence-electron chi connectivity index (χ3n) is 4.26. The van der Waals surface area contributed by atoms with E-state index >= 15 is 0 Å². The van der Waals surface area contributed by atoms with Crippen LogP contribution in [0, 0.1) is 11.3 Å². The zero-order valence-corrected chi connectivity index (χ0v) is 10.2. The smallest absolute Gasteiger partial charge is 0.108 e. The summed E-state index contributed by atoms with van der Waals surface area (Å²) in [6.45, 7) is 8.26. The van der Waals surface area contributed by atoms with Crippen molar-refractivity contribution in [3.8, 4) is 0 Å². The van der Waals surface area contributed by atoms with Crippen LogP contribution in [0.1, 0.15) is 45.9 Å². The summed E-state index contributed by atoms with van der Waals surface area (Å²) in [7, 11) is 0. The summed E-state index contributed by atoms with van der Waals surface area (Å²) in [6.07, 6.45) is 9.15. The highest BCUT2D eigenvalue weighted by molar-refractivity contribution is 5.03. The van der Waals surface area contributed by atoms with Gasteiger partial charge >= 0.3 is 0 Å². The Hall–Kier alpha value is -0.790. The van der Waals surface area contributed by atoms with Crippen LogP contribution in [0.4, 0.5) is 0 Å². The van der Waals surface area contributed by atoms with Crippen molar-refractivity contribution in [3.05, 3.63) is 18.2 Å². The van der Waals surface area contributed by atoms with Gasteiger partial charge in [0.15, 0.2) is 0 Å². The van der Waals surface area contributed by atoms with Crippen molar-refractivity contribution >= 4 is 0 Å². The molecule has 0 N–H and O–H groups in total. The van der Waals surface area contributed by atoms with Crippen molar-refractivity contribution in [1.82, 2.24) is 9.55 Å². The van der Waals surface area contributed by atoms with Crippen LogP contribution < -0.4 is 0 Å². The third-order valence-corrected chi connectivity index (χ3v) is 4.26. The Morgan fingerprint density at radius 1 is 1.53 bits per heavy atom. The molecular formula is C13H22N2. The molecule has 2 rings (SSSR count). The molecular weight excluding hydrogens is 184 g/mol. The van der Waals surface area contributed by atoms with Gasteiger partial charge in [0.1, 0.15) is 5.82 Å². The second-order valence-corrected chi connectivity index (χ2v) is 5.15. The summed E-state index contributed by atoms with van der Waals surface area (Å²) >= 11 is 0. The van der Waals surface area contributed by atoms with Gasteiger partial charge in [0.25, 0.3) is 0 Å². The first kappa shape index (κ1) is 10.7. The molecule has 0 radical (unpaired) electrons. The lowest BCUT2D eigenvalue weighted by atomic mass is 9.71. The van der Waals surface area contributed by atoms with Crippen LogP contribution in [0.25, 0.3) is 0 Å². The number of nitrogens with zero attached hydrogens (tertiary/aromatic N) is 2. The van der Waals surface area contributed by atoms with Crippen LogP contribution in [0.2, 0.25) is 0 Å². The van der Waals surface area contributed by atoms with Gasteiger partial charge in [0.05, 0.1) is 0 Å². The highest BCUT2D eigenvalue weighted by atomic mass is 15.1. The highest BCUT2D eigenvalue weighted by Crippen LogP contribution is 2.41. The molecule has 0 aliphatic carbocycles. The van der Waals surface area contributed by atoms with E-state index in [4.69, 9.17) is 0 Å². The predicted octanol–water partition coefficient (Wildman–Crippen LogP) is 3.27. The number of hydrogen-bond donors (Lipinski definition) is 0. The molecule has 2 nitrogen and oxygen atoms in total. The third kappa shape index (κ3) is 1.82. The lowest BCUT2D eigenvalue weighted by molar-refractivity contribution is 0.156. The number of rotatable bonds is 4. The molecule has 1 aliphatic rings. The number of aromatic nitrogens is 2. The molecule has 0 fully saturated rings. The Balaban J connectivity index is 2.10. The summed E-state index contributed by atoms with van der Waals surface area (Å²) in [5.41, 5.74) is 0.509. The quantitative estimate of drug-likeness (QED) is 0.739. The van der Waals surface area contributed by atoms with Gasteiger partial charge in [-0.05, 0) is 17.8 Å². The first-order valence-corrected chi connectivity index (χ1v) is 6.19. The van der Waals surface area contributed by atoms with Crippen LogP contribution in [0.5, 0.6) is 0 Å². The van der Waals surface area contributed by atoms with E-state index in [1.165, 1.54) is 38.1 Å². The highest BCUT2D eigenvalue weighted by Gasteiger charge is 2.36. The Morgan fingerprint density at radius 3 is 2.93 bits per heavy atom. The van der Waals surface area contributed by atoms with Crippen LogP contribution in [-0.4, -0.2) is 9.55 Å². The molecule has 0 aromatic carbocycles. The second-order valence-electron chi connectivity index (χ2n) is 5.15. The zero-order valence-electron chi connectivity index (χ0n) is 10.2. The molecule has 0 spiro atoms. The fraction of sp³-hybridized carbons (Fsp3) is 0.769. The van der Waals surface area contributed by atoms with Crippen molar-refractivity contribution in [2.24, 2.45) is 11.3 Å². The van der Waals surface area contributed by atoms with Gasteiger partial charge in [-0.25, -0.2) is 4.98 Å². The fourth-order valence-electron chi connectivity index (χ4n) is 2.93. The summed E-state index contributed by atoms with van der Waals surface area (Å²) in [5.74, 6) is 2.09. The van der Waals surface area contributed by atoms with E-state index < -0.39 is 0 Å². The molecule has 2 heteroatoms. The van der Waals surface area contributed by atoms with Gasteiger partial charge in [-0.3, -0.25) is 0 Å². The van der Waals surface area contributed by atoms with E-state index in [0.29, 0.717) is 5.41 Å². The number of fused-ring (bicyclic) bond motifs is 1. The zero-order chi connectivity index (χ0) is 10.9. The largest absolute Gasteiger partial charge is 0.335 e. The van der Waals surface area contributed by atoms with Gasteiger partial charge in [0.2, 0.25) is 0 Å². The standard InChI is InChI=1S/C13H22N2/c1-4-6-13(3,5-2)11-9-12-14-7-8-15(12)10-11/h7-8,11H,4-6,9-10H2,1-3H3. The minimum atomic E-state index is 0.509. The van der Waals surface area contributed by atoms with E-state index in [2.05, 4.69) is 36.5 Å². The van der Waals surface area contributed by atoms with E-state index in [9.17, 15) is 0 Å². The predicted molar refractivity (Wildman–Crippen MR) is 62.7 cm³/mol. The summed E-state index contributed by atoms with van der Waals surface area (Å²) in [5, 5.41) is 0. The van der Waals surface area contributed by atoms with Crippen LogP contribution in [0.15, 0.2) is 12.4 Å². The van der Waals surface area contributed by atoms with Gasteiger partial charge < -0.3 is 4.57 Å². The molecule has 1 aromatic rings. The SMILES string of the molecule is CCCC(C)(CC)C1Cc2nccn2C1. The molecule has 84 valence electrons. The second kappa shape index (κ2) is 3.99. The van der Waals surface area contributed by atoms with E-state index in [-0.39, 0.29) is 0 Å². The van der Waals surface area contributed by atoms with Crippen molar-refractivity contribution in [2.75, 3.05) is 0 Å². The molecule has 0 bridgehead atoms. The first-order chi connectivity index (χ1) is 7.19. The molecule has 0 amide bonds. The number of hydrogen-bond acceptors (Lipinski definition) is 1. The van der Waals surface area contributed by atoms with E-state index in [0.717, 1.165) is 5.92 Å². The Bertz CT molecular complexity index is 309. The van der Waals surface area contributed by atoms with Crippen molar-refractivity contribution in [3.63, 3.8) is 0 Å². The molecule has 2 atom stereocenters. The minimum absolute atomic E-state index is 0.509. The van der Waals surface area contributed by atoms with Crippen molar-refractivity contribution in [1.29, 1.82) is 0 Å². The number of imidazole rings is 1. The Kier molecular flexibility index (Phi) is 2.85. The maximum absolute atomic E-state index is 4.42. The summed E-state index contributed by atoms with van der Waals surface area (Å²) in [4.78, 5) is 4.42. The Morgan fingerprint density at radius 2 is 2.33 bits per heavy atom. The molecule has 0 saturated heterocycles. The lowest BCUT2D eigenvalue weighted by Crippen LogP contribution is -2.28. The van der Waals surface area contributed by atoms with Gasteiger partial charge in [-0.2, -0.15) is 0 Å². The molecule has 1 aliphatic heterocycles. The maximum atomic E-state index is 4.42. The van der Waals surface area contributed by atoms with Gasteiger partial charge in [0, 0.05) is 25.4 Å². The Labute approximate surface area is 92.7 Å². The summed E-state index contributed by atoms with van der Waals surface area (Å²) < 4.78 is 2.33.